The van der Waals surface area contributed by atoms with Crippen LogP contribution in [0.5, 0.6) is 0 Å². The van der Waals surface area contributed by atoms with Crippen molar-refractivity contribution in [3.8, 4) is 0 Å². The molecule has 1 aromatic rings. The van der Waals surface area contributed by atoms with E-state index >= 15 is 0 Å². The van der Waals surface area contributed by atoms with E-state index in [1.807, 2.05) is 4.90 Å². The van der Waals surface area contributed by atoms with E-state index in [1.54, 1.807) is 0 Å². The Kier molecular flexibility index (Phi) is 4.44. The van der Waals surface area contributed by atoms with Crippen LogP contribution in [0.15, 0.2) is 18.2 Å². The molecule has 1 unspecified atom stereocenters. The summed E-state index contributed by atoms with van der Waals surface area (Å²) in [6.45, 7) is 1.45. The minimum absolute atomic E-state index is 0.0725. The van der Waals surface area contributed by atoms with E-state index in [0.29, 0.717) is 19.8 Å². The van der Waals surface area contributed by atoms with Gasteiger partial charge in [-0.25, -0.2) is 8.78 Å². The molecule has 1 aromatic carbocycles. The number of hydrogen-bond acceptors (Lipinski definition) is 3. The first-order chi connectivity index (χ1) is 9.06. The molecule has 1 heterocycles. The first-order valence-corrected chi connectivity index (χ1v) is 6.04. The minimum Gasteiger partial charge on any atom is -0.481 e. The van der Waals surface area contributed by atoms with Crippen molar-refractivity contribution in [2.45, 2.75) is 19.0 Å². The van der Waals surface area contributed by atoms with Crippen molar-refractivity contribution < 1.29 is 23.4 Å². The van der Waals surface area contributed by atoms with Crippen LogP contribution in [0, 0.1) is 11.6 Å². The van der Waals surface area contributed by atoms with E-state index in [0.717, 1.165) is 18.2 Å². The van der Waals surface area contributed by atoms with E-state index in [4.69, 9.17) is 9.84 Å². The monoisotopic (exact) mass is 271 g/mol. The van der Waals surface area contributed by atoms with E-state index in [2.05, 4.69) is 0 Å². The van der Waals surface area contributed by atoms with Gasteiger partial charge in [0.05, 0.1) is 19.6 Å². The van der Waals surface area contributed by atoms with Gasteiger partial charge >= 0.3 is 5.97 Å². The maximum absolute atomic E-state index is 13.6. The van der Waals surface area contributed by atoms with Crippen molar-refractivity contribution in [2.24, 2.45) is 0 Å². The molecule has 6 heteroatoms. The summed E-state index contributed by atoms with van der Waals surface area (Å²) in [6, 6.07) is 2.97. The average molecular weight is 271 g/mol. The number of nitrogens with zero attached hydrogens (tertiary/aromatic N) is 1. The molecule has 1 atom stereocenters. The molecule has 1 saturated heterocycles. The lowest BCUT2D eigenvalue weighted by molar-refractivity contribution is -0.140. The molecule has 0 amide bonds. The largest absolute Gasteiger partial charge is 0.481 e. The highest BCUT2D eigenvalue weighted by molar-refractivity contribution is 5.67. The Bertz CT molecular complexity index is 467. The van der Waals surface area contributed by atoms with Crippen LogP contribution in [0.2, 0.25) is 0 Å². The zero-order valence-electron chi connectivity index (χ0n) is 10.3. The third-order valence-electron chi connectivity index (χ3n) is 3.14. The van der Waals surface area contributed by atoms with Gasteiger partial charge in [0.1, 0.15) is 11.6 Å². The van der Waals surface area contributed by atoms with Crippen LogP contribution in [-0.4, -0.2) is 41.8 Å². The first-order valence-electron chi connectivity index (χ1n) is 6.04. The van der Waals surface area contributed by atoms with Crippen molar-refractivity contribution >= 4 is 5.97 Å². The summed E-state index contributed by atoms with van der Waals surface area (Å²) in [6.07, 6.45) is -0.0725. The number of carboxylic acids is 1. The smallest absolute Gasteiger partial charge is 0.305 e. The van der Waals surface area contributed by atoms with E-state index in [1.165, 1.54) is 0 Å². The lowest BCUT2D eigenvalue weighted by atomic mass is 10.1. The second-order valence-electron chi connectivity index (χ2n) is 4.53. The Hall–Kier alpha value is -1.53. The van der Waals surface area contributed by atoms with Crippen molar-refractivity contribution in [1.82, 2.24) is 4.90 Å². The predicted octanol–water partition coefficient (Wildman–Crippen LogP) is 1.64. The van der Waals surface area contributed by atoms with E-state index in [9.17, 15) is 13.6 Å². The van der Waals surface area contributed by atoms with Crippen molar-refractivity contribution in [2.75, 3.05) is 19.8 Å². The molecule has 0 spiro atoms. The Morgan fingerprint density at radius 2 is 2.26 bits per heavy atom. The number of carboxylic acid groups (broad SMARTS) is 1. The SMILES string of the molecule is O=C(O)CC1COCCN1Cc1cc(F)ccc1F. The quantitative estimate of drug-likeness (QED) is 0.904. The number of ether oxygens (including phenoxy) is 1. The van der Waals surface area contributed by atoms with Crippen molar-refractivity contribution in [3.63, 3.8) is 0 Å². The molecule has 2 rings (SSSR count). The molecule has 104 valence electrons. The molecule has 19 heavy (non-hydrogen) atoms. The van der Waals surface area contributed by atoms with E-state index in [-0.39, 0.29) is 24.6 Å². The third-order valence-corrected chi connectivity index (χ3v) is 3.14. The Labute approximate surface area is 109 Å². The number of rotatable bonds is 4. The molecule has 0 bridgehead atoms. The van der Waals surface area contributed by atoms with Gasteiger partial charge in [-0.1, -0.05) is 0 Å². The van der Waals surface area contributed by atoms with Crippen molar-refractivity contribution in [1.29, 1.82) is 0 Å². The molecule has 1 aliphatic rings. The molecule has 0 aliphatic carbocycles. The van der Waals surface area contributed by atoms with Crippen LogP contribution < -0.4 is 0 Å². The lowest BCUT2D eigenvalue weighted by Crippen LogP contribution is -2.46. The fraction of sp³-hybridized carbons (Fsp3) is 0.462. The second kappa shape index (κ2) is 6.08. The molecule has 0 saturated carbocycles. The first kappa shape index (κ1) is 13.9. The van der Waals surface area contributed by atoms with Gasteiger partial charge in [0.2, 0.25) is 0 Å². The van der Waals surface area contributed by atoms with Gasteiger partial charge in [-0.15, -0.1) is 0 Å². The summed E-state index contributed by atoms with van der Waals surface area (Å²) in [5, 5.41) is 8.83. The summed E-state index contributed by atoms with van der Waals surface area (Å²) >= 11 is 0. The highest BCUT2D eigenvalue weighted by Crippen LogP contribution is 2.17. The maximum atomic E-state index is 13.6. The molecule has 1 fully saturated rings. The summed E-state index contributed by atoms with van der Waals surface area (Å²) in [5.41, 5.74) is 0.234. The summed E-state index contributed by atoms with van der Waals surface area (Å²) in [5.74, 6) is -1.92. The average Bonchev–Trinajstić information content (AvgIpc) is 2.35. The standard InChI is InChI=1S/C13H15F2NO3/c14-10-1-2-12(15)9(5-10)7-16-3-4-19-8-11(16)6-13(17)18/h1-2,5,11H,3-4,6-8H2,(H,17,18). The van der Waals surface area contributed by atoms with Gasteiger partial charge in [0.15, 0.2) is 0 Å². The number of halogens is 2. The van der Waals surface area contributed by atoms with Gasteiger partial charge in [0, 0.05) is 24.7 Å². The lowest BCUT2D eigenvalue weighted by Gasteiger charge is -2.34. The van der Waals surface area contributed by atoms with Crippen LogP contribution in [0.3, 0.4) is 0 Å². The van der Waals surface area contributed by atoms with Crippen LogP contribution in [-0.2, 0) is 16.1 Å². The number of aliphatic carboxylic acids is 1. The van der Waals surface area contributed by atoms with E-state index < -0.39 is 17.6 Å². The maximum Gasteiger partial charge on any atom is 0.305 e. The van der Waals surface area contributed by atoms with Gasteiger partial charge < -0.3 is 9.84 Å². The summed E-state index contributed by atoms with van der Waals surface area (Å²) in [4.78, 5) is 12.6. The zero-order valence-corrected chi connectivity index (χ0v) is 10.3. The van der Waals surface area contributed by atoms with Crippen molar-refractivity contribution in [3.05, 3.63) is 35.4 Å². The van der Waals surface area contributed by atoms with Crippen LogP contribution in [0.25, 0.3) is 0 Å². The predicted molar refractivity (Wildman–Crippen MR) is 63.6 cm³/mol. The number of carbonyl (C=O) groups is 1. The zero-order chi connectivity index (χ0) is 13.8. The van der Waals surface area contributed by atoms with Crippen LogP contribution >= 0.6 is 0 Å². The Morgan fingerprint density at radius 1 is 1.47 bits per heavy atom. The highest BCUT2D eigenvalue weighted by atomic mass is 19.1. The summed E-state index contributed by atoms with van der Waals surface area (Å²) in [7, 11) is 0. The fourth-order valence-corrected chi connectivity index (χ4v) is 2.17. The third kappa shape index (κ3) is 3.71. The molecule has 1 aliphatic heterocycles. The number of benzene rings is 1. The molecule has 1 N–H and O–H groups in total. The Balaban J connectivity index is 2.10. The molecule has 0 aromatic heterocycles. The molecule has 0 radical (unpaired) electrons. The summed E-state index contributed by atoms with van der Waals surface area (Å²) < 4.78 is 31.9. The van der Waals surface area contributed by atoms with Gasteiger partial charge in [0.25, 0.3) is 0 Å². The van der Waals surface area contributed by atoms with Gasteiger partial charge in [-0.05, 0) is 18.2 Å². The van der Waals surface area contributed by atoms with Crippen LogP contribution in [0.4, 0.5) is 8.78 Å². The van der Waals surface area contributed by atoms with Gasteiger partial charge in [-0.2, -0.15) is 0 Å². The Morgan fingerprint density at radius 3 is 3.00 bits per heavy atom. The van der Waals surface area contributed by atoms with Gasteiger partial charge in [-0.3, -0.25) is 9.69 Å². The normalized spacial score (nSPS) is 20.4. The van der Waals surface area contributed by atoms with Crippen LogP contribution in [0.1, 0.15) is 12.0 Å². The number of morpholine rings is 1. The highest BCUT2D eigenvalue weighted by Gasteiger charge is 2.26. The second-order valence-corrected chi connectivity index (χ2v) is 4.53. The molecule has 4 nitrogen and oxygen atoms in total. The fourth-order valence-electron chi connectivity index (χ4n) is 2.17. The minimum atomic E-state index is -0.930. The number of hydrogen-bond donors (Lipinski definition) is 1. The molecular weight excluding hydrogens is 256 g/mol. The topological polar surface area (TPSA) is 49.8 Å². The molecular formula is C13H15F2NO3.